The van der Waals surface area contributed by atoms with Crippen LogP contribution in [-0.2, 0) is 9.59 Å². The van der Waals surface area contributed by atoms with Gasteiger partial charge in [-0.3, -0.25) is 9.59 Å². The van der Waals surface area contributed by atoms with Crippen molar-refractivity contribution in [1.29, 1.82) is 0 Å². The highest BCUT2D eigenvalue weighted by molar-refractivity contribution is 5.74. The molecule has 0 fully saturated rings. The predicted octanol–water partition coefficient (Wildman–Crippen LogP) is 0.852. The summed E-state index contributed by atoms with van der Waals surface area (Å²) in [6.45, 7) is 1.76. The molecular weight excluding hydrogens is 132 g/mol. The van der Waals surface area contributed by atoms with Crippen molar-refractivity contribution in [2.45, 2.75) is 13.3 Å². The fourth-order valence-corrected chi connectivity index (χ4v) is 0.573. The molecule has 1 atom stereocenters. The van der Waals surface area contributed by atoms with Crippen LogP contribution in [0.2, 0.25) is 0 Å². The van der Waals surface area contributed by atoms with E-state index in [2.05, 4.69) is 0 Å². The fourth-order valence-electron chi connectivity index (χ4n) is 0.573. The molecule has 3 nitrogen and oxygen atoms in total. The first kappa shape index (κ1) is 8.88. The van der Waals surface area contributed by atoms with Crippen LogP contribution >= 0.6 is 0 Å². The van der Waals surface area contributed by atoms with Crippen LogP contribution in [0.3, 0.4) is 0 Å². The number of carbonyl (C=O) groups is 2. The molecule has 0 saturated heterocycles. The second-order valence-electron chi connectivity index (χ2n) is 1.87. The van der Waals surface area contributed by atoms with Gasteiger partial charge < -0.3 is 5.11 Å². The average Bonchev–Trinajstić information content (AvgIpc) is 1.89. The van der Waals surface area contributed by atoms with Crippen molar-refractivity contribution in [3.8, 4) is 0 Å². The van der Waals surface area contributed by atoms with Gasteiger partial charge in [-0.05, 0) is 12.5 Å². The van der Waals surface area contributed by atoms with Gasteiger partial charge in [-0.25, -0.2) is 0 Å². The van der Waals surface area contributed by atoms with Crippen LogP contribution in [0.25, 0.3) is 0 Å². The van der Waals surface area contributed by atoms with E-state index in [4.69, 9.17) is 5.11 Å². The zero-order valence-corrected chi connectivity index (χ0v) is 5.78. The maximum atomic E-state index is 10.3. The third-order valence-electron chi connectivity index (χ3n) is 1.18. The Labute approximate surface area is 59.4 Å². The largest absolute Gasteiger partial charge is 0.481 e. The van der Waals surface area contributed by atoms with Gasteiger partial charge in [0.05, 0.1) is 5.92 Å². The maximum Gasteiger partial charge on any atom is 0.310 e. The molecule has 0 heterocycles. The number of carbonyl (C=O) groups excluding carboxylic acids is 1. The Balaban J connectivity index is 3.94. The van der Waals surface area contributed by atoms with Gasteiger partial charge in [-0.2, -0.15) is 0 Å². The van der Waals surface area contributed by atoms with Crippen molar-refractivity contribution in [3.05, 3.63) is 12.2 Å². The van der Waals surface area contributed by atoms with Crippen LogP contribution in [0.4, 0.5) is 0 Å². The highest BCUT2D eigenvalue weighted by Crippen LogP contribution is 2.02. The van der Waals surface area contributed by atoms with Gasteiger partial charge in [0, 0.05) is 0 Å². The second kappa shape index (κ2) is 4.73. The van der Waals surface area contributed by atoms with Gasteiger partial charge in [0.25, 0.3) is 0 Å². The lowest BCUT2D eigenvalue weighted by atomic mass is 10.1. The third-order valence-corrected chi connectivity index (χ3v) is 1.18. The summed E-state index contributed by atoms with van der Waals surface area (Å²) in [5, 5.41) is 8.43. The molecule has 0 radical (unpaired) electrons. The Morgan fingerprint density at radius 2 is 2.30 bits per heavy atom. The number of carboxylic acid groups (broad SMARTS) is 1. The van der Waals surface area contributed by atoms with Crippen LogP contribution < -0.4 is 0 Å². The first-order chi connectivity index (χ1) is 4.72. The molecule has 0 saturated carbocycles. The summed E-state index contributed by atoms with van der Waals surface area (Å²) in [7, 11) is 0. The molecule has 56 valence electrons. The van der Waals surface area contributed by atoms with Crippen molar-refractivity contribution in [1.82, 2.24) is 0 Å². The van der Waals surface area contributed by atoms with Crippen molar-refractivity contribution in [2.75, 3.05) is 0 Å². The number of rotatable bonds is 4. The summed E-state index contributed by atoms with van der Waals surface area (Å²) in [5.41, 5.74) is 0. The molecule has 0 bridgehead atoms. The summed E-state index contributed by atoms with van der Waals surface area (Å²) >= 11 is 0. The minimum Gasteiger partial charge on any atom is -0.481 e. The van der Waals surface area contributed by atoms with E-state index in [-0.39, 0.29) is 0 Å². The number of hydrogen-bond acceptors (Lipinski definition) is 2. The van der Waals surface area contributed by atoms with Crippen molar-refractivity contribution >= 4 is 12.3 Å². The highest BCUT2D eigenvalue weighted by atomic mass is 16.4. The smallest absolute Gasteiger partial charge is 0.310 e. The minimum atomic E-state index is -0.888. The number of aliphatic carboxylic acids is 1. The summed E-state index contributed by atoms with van der Waals surface area (Å²) in [6, 6.07) is 0. The summed E-state index contributed by atoms with van der Waals surface area (Å²) < 4.78 is 0. The molecule has 0 spiro atoms. The van der Waals surface area contributed by atoms with E-state index in [0.29, 0.717) is 12.7 Å². The summed E-state index contributed by atoms with van der Waals surface area (Å²) in [5.74, 6) is -1.41. The Kier molecular flexibility index (Phi) is 4.20. The van der Waals surface area contributed by atoms with E-state index in [9.17, 15) is 9.59 Å². The van der Waals surface area contributed by atoms with Crippen LogP contribution in [0.15, 0.2) is 12.2 Å². The molecule has 0 aromatic carbocycles. The monoisotopic (exact) mass is 142 g/mol. The van der Waals surface area contributed by atoms with E-state index in [1.807, 2.05) is 0 Å². The first-order valence-electron chi connectivity index (χ1n) is 3.07. The molecule has 1 unspecified atom stereocenters. The van der Waals surface area contributed by atoms with Gasteiger partial charge in [-0.1, -0.05) is 13.0 Å². The Bertz CT molecular complexity index is 149. The molecule has 3 heteroatoms. The molecule has 10 heavy (non-hydrogen) atoms. The number of hydrogen-bond donors (Lipinski definition) is 1. The zero-order chi connectivity index (χ0) is 7.98. The average molecular weight is 142 g/mol. The van der Waals surface area contributed by atoms with E-state index in [1.165, 1.54) is 12.2 Å². The SMILES string of the molecule is CCC(C=CC=O)C(=O)O. The van der Waals surface area contributed by atoms with Crippen LogP contribution in [0.5, 0.6) is 0 Å². The normalized spacial score (nSPS) is 13.3. The van der Waals surface area contributed by atoms with Gasteiger partial charge in [0.1, 0.15) is 6.29 Å². The van der Waals surface area contributed by atoms with Crippen molar-refractivity contribution in [3.63, 3.8) is 0 Å². The Morgan fingerprint density at radius 1 is 1.70 bits per heavy atom. The van der Waals surface area contributed by atoms with Gasteiger partial charge in [-0.15, -0.1) is 0 Å². The van der Waals surface area contributed by atoms with E-state index in [1.54, 1.807) is 6.92 Å². The van der Waals surface area contributed by atoms with E-state index >= 15 is 0 Å². The minimum absolute atomic E-state index is 0.514. The zero-order valence-electron chi connectivity index (χ0n) is 5.78. The molecule has 0 aromatic heterocycles. The lowest BCUT2D eigenvalue weighted by Crippen LogP contribution is -2.09. The molecule has 0 aliphatic heterocycles. The summed E-state index contributed by atoms with van der Waals surface area (Å²) in [6.07, 6.45) is 3.68. The lowest BCUT2D eigenvalue weighted by Gasteiger charge is -1.99. The van der Waals surface area contributed by atoms with Crippen LogP contribution in [0, 0.1) is 5.92 Å². The molecule has 0 rings (SSSR count). The quantitative estimate of drug-likeness (QED) is 0.467. The van der Waals surface area contributed by atoms with Crippen LogP contribution in [-0.4, -0.2) is 17.4 Å². The third kappa shape index (κ3) is 3.02. The maximum absolute atomic E-state index is 10.3. The van der Waals surface area contributed by atoms with Crippen LogP contribution in [0.1, 0.15) is 13.3 Å². The molecular formula is C7H10O3. The highest BCUT2D eigenvalue weighted by Gasteiger charge is 2.09. The second-order valence-corrected chi connectivity index (χ2v) is 1.87. The Hall–Kier alpha value is -1.12. The molecule has 0 aliphatic rings. The van der Waals surface area contributed by atoms with Gasteiger partial charge in [0.15, 0.2) is 0 Å². The van der Waals surface area contributed by atoms with E-state index in [0.717, 1.165) is 0 Å². The molecule has 0 aromatic rings. The first-order valence-corrected chi connectivity index (χ1v) is 3.07. The predicted molar refractivity (Wildman–Crippen MR) is 36.6 cm³/mol. The Morgan fingerprint density at radius 3 is 2.60 bits per heavy atom. The number of allylic oxidation sites excluding steroid dienone is 1. The standard InChI is InChI=1S/C7H10O3/c1-2-6(7(9)10)4-3-5-8/h3-6H,2H2,1H3,(H,9,10). The van der Waals surface area contributed by atoms with Crippen molar-refractivity contribution < 1.29 is 14.7 Å². The number of aldehydes is 1. The summed E-state index contributed by atoms with van der Waals surface area (Å²) in [4.78, 5) is 20.0. The van der Waals surface area contributed by atoms with E-state index < -0.39 is 11.9 Å². The number of carboxylic acids is 1. The molecule has 0 amide bonds. The van der Waals surface area contributed by atoms with Crippen molar-refractivity contribution in [2.24, 2.45) is 5.92 Å². The molecule has 0 aliphatic carbocycles. The topological polar surface area (TPSA) is 54.4 Å². The van der Waals surface area contributed by atoms with Gasteiger partial charge >= 0.3 is 5.97 Å². The van der Waals surface area contributed by atoms with Gasteiger partial charge in [0.2, 0.25) is 0 Å². The fraction of sp³-hybridized carbons (Fsp3) is 0.429. The lowest BCUT2D eigenvalue weighted by molar-refractivity contribution is -0.140. The molecule has 1 N–H and O–H groups in total.